The summed E-state index contributed by atoms with van der Waals surface area (Å²) in [4.78, 5) is 0. The fraction of sp³-hybridized carbons (Fsp3) is 0.100. The van der Waals surface area contributed by atoms with E-state index in [0.29, 0.717) is 23.2 Å². The van der Waals surface area contributed by atoms with E-state index in [0.717, 1.165) is 22.6 Å². The van der Waals surface area contributed by atoms with Gasteiger partial charge in [-0.25, -0.2) is 4.39 Å². The Balaban J connectivity index is 1.60. The number of anilines is 1. The second kappa shape index (κ2) is 8.24. The Bertz CT molecular complexity index is 853. The molecular weight excluding hydrogens is 360 g/mol. The monoisotopic (exact) mass is 375 g/mol. The standard InChI is InChI=1S/C20H16Cl2FNO/c21-16-5-4-15(20(22)11-16)13-25-19-3-1-2-14(10-19)12-24-18-8-6-17(23)7-9-18/h1-11,24H,12-13H2. The summed E-state index contributed by atoms with van der Waals surface area (Å²) in [6.45, 7) is 0.982. The van der Waals surface area contributed by atoms with E-state index in [-0.39, 0.29) is 5.82 Å². The minimum atomic E-state index is -0.248. The molecule has 0 unspecified atom stereocenters. The van der Waals surface area contributed by atoms with Crippen molar-refractivity contribution in [1.82, 2.24) is 0 Å². The molecule has 0 saturated heterocycles. The Kier molecular flexibility index (Phi) is 5.79. The summed E-state index contributed by atoms with van der Waals surface area (Å²) in [5, 5.41) is 4.43. The van der Waals surface area contributed by atoms with Gasteiger partial charge in [-0.15, -0.1) is 0 Å². The summed E-state index contributed by atoms with van der Waals surface area (Å²) < 4.78 is 18.7. The van der Waals surface area contributed by atoms with Crippen LogP contribution in [0.25, 0.3) is 0 Å². The SMILES string of the molecule is Fc1ccc(NCc2cccc(OCc3ccc(Cl)cc3Cl)c2)cc1. The molecule has 0 atom stereocenters. The van der Waals surface area contributed by atoms with Crippen LogP contribution in [0.1, 0.15) is 11.1 Å². The first-order valence-electron chi connectivity index (χ1n) is 7.75. The van der Waals surface area contributed by atoms with E-state index in [2.05, 4.69) is 5.32 Å². The summed E-state index contributed by atoms with van der Waals surface area (Å²) in [5.74, 6) is 0.506. The molecule has 0 heterocycles. The van der Waals surface area contributed by atoms with Crippen LogP contribution in [0.3, 0.4) is 0 Å². The van der Waals surface area contributed by atoms with Crippen molar-refractivity contribution in [3.8, 4) is 5.75 Å². The van der Waals surface area contributed by atoms with E-state index in [9.17, 15) is 4.39 Å². The van der Waals surface area contributed by atoms with E-state index in [4.69, 9.17) is 27.9 Å². The topological polar surface area (TPSA) is 21.3 Å². The van der Waals surface area contributed by atoms with Crippen molar-refractivity contribution in [1.29, 1.82) is 0 Å². The molecule has 0 amide bonds. The molecule has 2 nitrogen and oxygen atoms in total. The molecule has 0 aliphatic carbocycles. The number of benzene rings is 3. The van der Waals surface area contributed by atoms with E-state index >= 15 is 0 Å². The van der Waals surface area contributed by atoms with E-state index < -0.39 is 0 Å². The summed E-state index contributed by atoms with van der Waals surface area (Å²) in [5.41, 5.74) is 2.80. The lowest BCUT2D eigenvalue weighted by atomic mass is 10.2. The van der Waals surface area contributed by atoms with Gasteiger partial charge in [0.05, 0.1) is 0 Å². The first-order chi connectivity index (χ1) is 12.1. The van der Waals surface area contributed by atoms with Crippen LogP contribution in [0, 0.1) is 5.82 Å². The minimum absolute atomic E-state index is 0.248. The average Bonchev–Trinajstić information content (AvgIpc) is 2.61. The van der Waals surface area contributed by atoms with Crippen LogP contribution in [-0.2, 0) is 13.2 Å². The second-order valence-electron chi connectivity index (χ2n) is 5.53. The Labute approximate surface area is 156 Å². The van der Waals surface area contributed by atoms with E-state index in [1.807, 2.05) is 30.3 Å². The van der Waals surface area contributed by atoms with Gasteiger partial charge in [0.2, 0.25) is 0 Å². The number of hydrogen-bond acceptors (Lipinski definition) is 2. The van der Waals surface area contributed by atoms with Crippen molar-refractivity contribution in [3.05, 3.63) is 93.7 Å². The van der Waals surface area contributed by atoms with Gasteiger partial charge in [0.15, 0.2) is 0 Å². The lowest BCUT2D eigenvalue weighted by Crippen LogP contribution is -2.01. The molecule has 0 aromatic heterocycles. The van der Waals surface area contributed by atoms with E-state index in [1.54, 1.807) is 24.3 Å². The third-order valence-corrected chi connectivity index (χ3v) is 4.24. The van der Waals surface area contributed by atoms with Gasteiger partial charge in [-0.05, 0) is 54.1 Å². The average molecular weight is 376 g/mol. The molecule has 128 valence electrons. The highest BCUT2D eigenvalue weighted by atomic mass is 35.5. The predicted octanol–water partition coefficient (Wildman–Crippen LogP) is 6.32. The summed E-state index contributed by atoms with van der Waals surface area (Å²) in [6.07, 6.45) is 0. The third-order valence-electron chi connectivity index (χ3n) is 3.65. The van der Waals surface area contributed by atoms with Gasteiger partial charge >= 0.3 is 0 Å². The molecule has 0 bridgehead atoms. The van der Waals surface area contributed by atoms with Crippen LogP contribution in [0.15, 0.2) is 66.7 Å². The molecule has 3 aromatic carbocycles. The van der Waals surface area contributed by atoms with Crippen LogP contribution in [0.2, 0.25) is 10.0 Å². The van der Waals surface area contributed by atoms with Gasteiger partial charge in [-0.1, -0.05) is 41.4 Å². The maximum Gasteiger partial charge on any atom is 0.123 e. The first-order valence-corrected chi connectivity index (χ1v) is 8.51. The largest absolute Gasteiger partial charge is 0.489 e. The van der Waals surface area contributed by atoms with Gasteiger partial charge in [0.1, 0.15) is 18.2 Å². The van der Waals surface area contributed by atoms with Gasteiger partial charge in [0.25, 0.3) is 0 Å². The summed E-state index contributed by atoms with van der Waals surface area (Å²) in [6, 6.07) is 19.4. The van der Waals surface area contributed by atoms with Gasteiger partial charge < -0.3 is 10.1 Å². The fourth-order valence-corrected chi connectivity index (χ4v) is 2.78. The van der Waals surface area contributed by atoms with Crippen molar-refractivity contribution in [2.45, 2.75) is 13.2 Å². The summed E-state index contributed by atoms with van der Waals surface area (Å²) in [7, 11) is 0. The zero-order valence-corrected chi connectivity index (χ0v) is 14.8. The predicted molar refractivity (Wildman–Crippen MR) is 101 cm³/mol. The Morgan fingerprint density at radius 3 is 2.48 bits per heavy atom. The lowest BCUT2D eigenvalue weighted by molar-refractivity contribution is 0.306. The van der Waals surface area contributed by atoms with Crippen molar-refractivity contribution in [2.24, 2.45) is 0 Å². The van der Waals surface area contributed by atoms with Crippen LogP contribution < -0.4 is 10.1 Å². The smallest absolute Gasteiger partial charge is 0.123 e. The maximum atomic E-state index is 12.9. The molecule has 1 N–H and O–H groups in total. The van der Waals surface area contributed by atoms with Crippen molar-refractivity contribution >= 4 is 28.9 Å². The van der Waals surface area contributed by atoms with Crippen LogP contribution in [0.4, 0.5) is 10.1 Å². The maximum absolute atomic E-state index is 12.9. The minimum Gasteiger partial charge on any atom is -0.489 e. The van der Waals surface area contributed by atoms with Gasteiger partial charge in [-0.2, -0.15) is 0 Å². The van der Waals surface area contributed by atoms with Crippen molar-refractivity contribution in [2.75, 3.05) is 5.32 Å². The molecule has 5 heteroatoms. The number of halogens is 3. The Morgan fingerprint density at radius 2 is 1.72 bits per heavy atom. The highest BCUT2D eigenvalue weighted by Gasteiger charge is 2.03. The molecule has 0 saturated carbocycles. The molecule has 0 spiro atoms. The fourth-order valence-electron chi connectivity index (χ4n) is 2.32. The second-order valence-corrected chi connectivity index (χ2v) is 6.38. The lowest BCUT2D eigenvalue weighted by Gasteiger charge is -2.11. The van der Waals surface area contributed by atoms with Gasteiger partial charge in [-0.3, -0.25) is 0 Å². The number of ether oxygens (including phenoxy) is 1. The zero-order valence-electron chi connectivity index (χ0n) is 13.3. The quantitative estimate of drug-likeness (QED) is 0.543. The third kappa shape index (κ3) is 5.12. The molecule has 0 fully saturated rings. The van der Waals surface area contributed by atoms with Gasteiger partial charge in [0, 0.05) is 27.8 Å². The molecule has 0 radical (unpaired) electrons. The van der Waals surface area contributed by atoms with Crippen LogP contribution in [0.5, 0.6) is 5.75 Å². The van der Waals surface area contributed by atoms with Crippen LogP contribution >= 0.6 is 23.2 Å². The van der Waals surface area contributed by atoms with Crippen molar-refractivity contribution in [3.63, 3.8) is 0 Å². The van der Waals surface area contributed by atoms with Crippen LogP contribution in [-0.4, -0.2) is 0 Å². The Hall–Kier alpha value is -2.23. The molecule has 0 aliphatic heterocycles. The molecule has 3 aromatic rings. The molecular formula is C20H16Cl2FNO. The first kappa shape index (κ1) is 17.6. The Morgan fingerprint density at radius 1 is 0.920 bits per heavy atom. The van der Waals surface area contributed by atoms with Crippen molar-refractivity contribution < 1.29 is 9.13 Å². The molecule has 3 rings (SSSR count). The molecule has 25 heavy (non-hydrogen) atoms. The van der Waals surface area contributed by atoms with E-state index in [1.165, 1.54) is 12.1 Å². The number of nitrogens with one attached hydrogen (secondary N) is 1. The summed E-state index contributed by atoms with van der Waals surface area (Å²) >= 11 is 12.1. The highest BCUT2D eigenvalue weighted by Crippen LogP contribution is 2.23. The zero-order chi connectivity index (χ0) is 17.6. The molecule has 0 aliphatic rings. The number of rotatable bonds is 6. The number of hydrogen-bond donors (Lipinski definition) is 1. The normalized spacial score (nSPS) is 10.5. The highest BCUT2D eigenvalue weighted by molar-refractivity contribution is 6.35.